The van der Waals surface area contributed by atoms with Crippen LogP contribution in [0.1, 0.15) is 32.5 Å². The topological polar surface area (TPSA) is 124 Å². The molecule has 0 unspecified atom stereocenters. The number of alkyl halides is 2. The molecule has 38 heavy (non-hydrogen) atoms. The molecule has 2 aromatic carbocycles. The number of hydrogen-bond acceptors (Lipinski definition) is 9. The SMILES string of the molecule is CC(C)(C)OC(=O)N(c1cscn1)S(=O)(=O)c1cc(Cl)c(N[C@@H](N)c2cc(OC(F)F)ccc2F)cc1F. The summed E-state index contributed by atoms with van der Waals surface area (Å²) in [6, 6.07) is 4.10. The molecule has 0 bridgehead atoms. The van der Waals surface area contributed by atoms with Crippen molar-refractivity contribution >= 4 is 50.6 Å². The molecule has 9 nitrogen and oxygen atoms in total. The molecule has 0 aliphatic heterocycles. The van der Waals surface area contributed by atoms with Gasteiger partial charge in [0, 0.05) is 10.9 Å². The van der Waals surface area contributed by atoms with Gasteiger partial charge >= 0.3 is 12.7 Å². The van der Waals surface area contributed by atoms with Crippen molar-refractivity contribution < 1.29 is 40.2 Å². The molecule has 0 spiro atoms. The van der Waals surface area contributed by atoms with E-state index in [0.29, 0.717) is 6.07 Å². The number of benzene rings is 2. The van der Waals surface area contributed by atoms with Gasteiger partial charge in [-0.25, -0.2) is 27.0 Å². The molecule has 1 aromatic heterocycles. The third-order valence-electron chi connectivity index (χ3n) is 4.57. The molecule has 3 aromatic rings. The fraction of sp³-hybridized carbons (Fsp3) is 0.273. The number of amides is 1. The van der Waals surface area contributed by atoms with Gasteiger partial charge in [0.2, 0.25) is 0 Å². The smallest absolute Gasteiger partial charge is 0.430 e. The second-order valence-electron chi connectivity index (χ2n) is 8.54. The first-order chi connectivity index (χ1) is 17.6. The van der Waals surface area contributed by atoms with Gasteiger partial charge in [-0.1, -0.05) is 11.6 Å². The van der Waals surface area contributed by atoms with Gasteiger partial charge in [0.05, 0.1) is 16.2 Å². The zero-order valence-corrected chi connectivity index (χ0v) is 22.3. The zero-order valence-electron chi connectivity index (χ0n) is 19.9. The number of aromatic nitrogens is 1. The van der Waals surface area contributed by atoms with Gasteiger partial charge < -0.3 is 20.5 Å². The third kappa shape index (κ3) is 6.83. The van der Waals surface area contributed by atoms with Crippen LogP contribution in [0.2, 0.25) is 5.02 Å². The molecule has 3 N–H and O–H groups in total. The lowest BCUT2D eigenvalue weighted by Gasteiger charge is -2.26. The van der Waals surface area contributed by atoms with Crippen molar-refractivity contribution in [1.29, 1.82) is 0 Å². The largest absolute Gasteiger partial charge is 0.443 e. The lowest BCUT2D eigenvalue weighted by atomic mass is 10.1. The Morgan fingerprint density at radius 2 is 1.87 bits per heavy atom. The summed E-state index contributed by atoms with van der Waals surface area (Å²) in [4.78, 5) is 15.6. The van der Waals surface area contributed by atoms with Crippen molar-refractivity contribution in [2.24, 2.45) is 5.73 Å². The van der Waals surface area contributed by atoms with Crippen LogP contribution in [0.5, 0.6) is 5.75 Å². The number of ether oxygens (including phenoxy) is 2. The Labute approximate surface area is 224 Å². The highest BCUT2D eigenvalue weighted by molar-refractivity contribution is 7.93. The van der Waals surface area contributed by atoms with Crippen LogP contribution in [0.25, 0.3) is 0 Å². The Hall–Kier alpha value is -3.14. The van der Waals surface area contributed by atoms with E-state index in [9.17, 15) is 26.4 Å². The zero-order chi connectivity index (χ0) is 28.4. The van der Waals surface area contributed by atoms with Crippen LogP contribution in [0.3, 0.4) is 0 Å². The number of halogens is 5. The highest BCUT2D eigenvalue weighted by atomic mass is 35.5. The quantitative estimate of drug-likeness (QED) is 0.244. The summed E-state index contributed by atoms with van der Waals surface area (Å²) in [5, 5.41) is 3.36. The molecular weight excluding hydrogens is 576 g/mol. The van der Waals surface area contributed by atoms with Gasteiger partial charge in [-0.2, -0.15) is 8.78 Å². The van der Waals surface area contributed by atoms with E-state index in [2.05, 4.69) is 15.0 Å². The molecule has 16 heteroatoms. The molecule has 1 amide bonds. The number of anilines is 2. The summed E-state index contributed by atoms with van der Waals surface area (Å²) >= 11 is 7.16. The summed E-state index contributed by atoms with van der Waals surface area (Å²) in [6.45, 7) is 1.36. The van der Waals surface area contributed by atoms with Crippen molar-refractivity contribution in [3.8, 4) is 5.75 Å². The minimum Gasteiger partial charge on any atom is -0.443 e. The first kappa shape index (κ1) is 29.4. The van der Waals surface area contributed by atoms with Crippen LogP contribution in [-0.4, -0.2) is 31.7 Å². The predicted octanol–water partition coefficient (Wildman–Crippen LogP) is 5.88. The van der Waals surface area contributed by atoms with Crippen LogP contribution >= 0.6 is 22.9 Å². The maximum atomic E-state index is 15.2. The van der Waals surface area contributed by atoms with E-state index in [1.54, 1.807) is 0 Å². The van der Waals surface area contributed by atoms with E-state index < -0.39 is 51.0 Å². The number of thiazole rings is 1. The Morgan fingerprint density at radius 3 is 2.45 bits per heavy atom. The number of carbonyl (C=O) groups excluding carboxylic acids is 1. The molecular formula is C22H21ClF4N4O5S2. The van der Waals surface area contributed by atoms with Gasteiger partial charge in [0.25, 0.3) is 10.0 Å². The average molecular weight is 597 g/mol. The van der Waals surface area contributed by atoms with E-state index in [-0.39, 0.29) is 32.1 Å². The standard InChI is InChI=1S/C22H21ClF4N4O5S2/c1-22(2,3)36-21(32)31(18-9-37-10-29-18)38(33,34)17-7-13(23)16(8-15(17)25)30-19(28)12-6-11(35-20(26)27)4-5-14(12)24/h4-10,19-20,30H,28H2,1-3H3/t19-/m1/s1. The van der Waals surface area contributed by atoms with Gasteiger partial charge in [0.15, 0.2) is 5.82 Å². The average Bonchev–Trinajstić information content (AvgIpc) is 3.29. The lowest BCUT2D eigenvalue weighted by molar-refractivity contribution is -0.0499. The number of sulfonamides is 1. The highest BCUT2D eigenvalue weighted by Crippen LogP contribution is 2.34. The number of carbonyl (C=O) groups is 1. The van der Waals surface area contributed by atoms with Crippen molar-refractivity contribution in [3.05, 3.63) is 63.4 Å². The fourth-order valence-corrected chi connectivity index (χ4v) is 5.26. The Bertz CT molecular complexity index is 1420. The minimum atomic E-state index is -4.93. The van der Waals surface area contributed by atoms with Crippen molar-refractivity contribution in [2.45, 2.75) is 44.0 Å². The maximum Gasteiger partial charge on any atom is 0.430 e. The maximum absolute atomic E-state index is 15.2. The molecule has 1 atom stereocenters. The molecule has 0 aliphatic rings. The number of rotatable bonds is 8. The van der Waals surface area contributed by atoms with Gasteiger partial charge in [0.1, 0.15) is 34.0 Å². The molecule has 3 rings (SSSR count). The Kier molecular flexibility index (Phi) is 8.75. The summed E-state index contributed by atoms with van der Waals surface area (Å²) in [5.74, 6) is -2.94. The molecule has 1 heterocycles. The molecule has 0 aliphatic carbocycles. The molecule has 206 valence electrons. The predicted molar refractivity (Wildman–Crippen MR) is 133 cm³/mol. The molecule has 0 fully saturated rings. The Morgan fingerprint density at radius 1 is 1.18 bits per heavy atom. The second-order valence-corrected chi connectivity index (χ2v) is 11.4. The van der Waals surface area contributed by atoms with Crippen molar-refractivity contribution in [1.82, 2.24) is 4.98 Å². The van der Waals surface area contributed by atoms with E-state index in [1.165, 1.54) is 31.7 Å². The molecule has 0 saturated heterocycles. The molecule has 0 radical (unpaired) electrons. The number of nitrogens with two attached hydrogens (primary N) is 1. The number of nitrogens with zero attached hydrogens (tertiary/aromatic N) is 2. The Balaban J connectivity index is 1.97. The van der Waals surface area contributed by atoms with E-state index in [1.807, 2.05) is 0 Å². The van der Waals surface area contributed by atoms with Gasteiger partial charge in [-0.15, -0.1) is 15.6 Å². The normalized spacial score (nSPS) is 12.8. The first-order valence-corrected chi connectivity index (χ1v) is 13.3. The first-order valence-electron chi connectivity index (χ1n) is 10.5. The van der Waals surface area contributed by atoms with E-state index in [4.69, 9.17) is 22.1 Å². The van der Waals surface area contributed by atoms with Crippen LogP contribution in [0.4, 0.5) is 33.9 Å². The van der Waals surface area contributed by atoms with E-state index in [0.717, 1.165) is 35.6 Å². The third-order valence-corrected chi connectivity index (χ3v) is 7.14. The van der Waals surface area contributed by atoms with Crippen LogP contribution in [-0.2, 0) is 14.8 Å². The monoisotopic (exact) mass is 596 g/mol. The highest BCUT2D eigenvalue weighted by Gasteiger charge is 2.38. The molecule has 0 saturated carbocycles. The number of hydrogen-bond donors (Lipinski definition) is 2. The summed E-state index contributed by atoms with van der Waals surface area (Å²) in [6.07, 6.45) is -2.77. The number of nitrogens with one attached hydrogen (secondary N) is 1. The summed E-state index contributed by atoms with van der Waals surface area (Å²) < 4.78 is 90.8. The van der Waals surface area contributed by atoms with Crippen molar-refractivity contribution in [2.75, 3.05) is 9.62 Å². The van der Waals surface area contributed by atoms with Crippen LogP contribution in [0, 0.1) is 11.6 Å². The van der Waals surface area contributed by atoms with Gasteiger partial charge in [-0.05, 0) is 51.1 Å². The summed E-state index contributed by atoms with van der Waals surface area (Å²) in [7, 11) is -4.93. The van der Waals surface area contributed by atoms with Crippen LogP contribution in [0.15, 0.2) is 46.1 Å². The fourth-order valence-electron chi connectivity index (χ4n) is 3.04. The summed E-state index contributed by atoms with van der Waals surface area (Å²) in [5.41, 5.74) is 5.51. The minimum absolute atomic E-state index is 0.201. The van der Waals surface area contributed by atoms with Gasteiger partial charge in [-0.3, -0.25) is 0 Å². The van der Waals surface area contributed by atoms with Crippen molar-refractivity contribution in [3.63, 3.8) is 0 Å². The van der Waals surface area contributed by atoms with Crippen LogP contribution < -0.4 is 20.1 Å². The van der Waals surface area contributed by atoms with E-state index >= 15 is 4.39 Å². The second kappa shape index (κ2) is 11.3. The lowest BCUT2D eigenvalue weighted by Crippen LogP contribution is -2.41.